The van der Waals surface area contributed by atoms with E-state index >= 15 is 0 Å². The second-order valence-electron chi connectivity index (χ2n) is 5.58. The Labute approximate surface area is 135 Å². The van der Waals surface area contributed by atoms with Gasteiger partial charge in [0.05, 0.1) is 16.8 Å². The van der Waals surface area contributed by atoms with E-state index in [4.69, 9.17) is 11.6 Å². The first-order chi connectivity index (χ1) is 10.6. The molecule has 2 aromatic rings. The van der Waals surface area contributed by atoms with Crippen molar-refractivity contribution in [1.29, 1.82) is 0 Å². The van der Waals surface area contributed by atoms with Gasteiger partial charge < -0.3 is 14.8 Å². The van der Waals surface area contributed by atoms with Gasteiger partial charge in [-0.15, -0.1) is 0 Å². The average Bonchev–Trinajstić information content (AvgIpc) is 2.90. The zero-order valence-electron chi connectivity index (χ0n) is 12.8. The minimum atomic E-state index is -0.0925. The molecule has 1 unspecified atom stereocenters. The monoisotopic (exact) mass is 317 g/mol. The molecular weight excluding hydrogens is 298 g/mol. The standard InChI is InChI=1S/C17H20ClN3O/c1-3-15-16-9-8-12(2)20(16)10-11-21(15)17(22)19-14-7-5-4-6-13(14)18/h4-9,15H,3,10-11H2,1-2H3,(H,19,22). The van der Waals surface area contributed by atoms with Crippen LogP contribution in [-0.2, 0) is 6.54 Å². The number of nitrogens with zero attached hydrogens (tertiary/aromatic N) is 2. The third-order valence-electron chi connectivity index (χ3n) is 4.28. The second-order valence-corrected chi connectivity index (χ2v) is 5.99. The number of carbonyl (C=O) groups excluding carboxylic acids is 1. The number of urea groups is 1. The van der Waals surface area contributed by atoms with Gasteiger partial charge in [0, 0.05) is 24.5 Å². The number of hydrogen-bond acceptors (Lipinski definition) is 1. The molecule has 1 aliphatic rings. The lowest BCUT2D eigenvalue weighted by atomic mass is 10.1. The number of benzene rings is 1. The van der Waals surface area contributed by atoms with Crippen molar-refractivity contribution in [1.82, 2.24) is 9.47 Å². The summed E-state index contributed by atoms with van der Waals surface area (Å²) in [6.45, 7) is 5.76. The highest BCUT2D eigenvalue weighted by Gasteiger charge is 2.30. The highest BCUT2D eigenvalue weighted by molar-refractivity contribution is 6.33. The van der Waals surface area contributed by atoms with Crippen molar-refractivity contribution in [3.8, 4) is 0 Å². The molecule has 5 heteroatoms. The van der Waals surface area contributed by atoms with Gasteiger partial charge in [-0.3, -0.25) is 0 Å². The normalized spacial score (nSPS) is 17.2. The Morgan fingerprint density at radius 1 is 1.27 bits per heavy atom. The van der Waals surface area contributed by atoms with E-state index in [9.17, 15) is 4.79 Å². The Hall–Kier alpha value is -1.94. The minimum absolute atomic E-state index is 0.0925. The van der Waals surface area contributed by atoms with E-state index in [2.05, 4.69) is 35.9 Å². The first-order valence-electron chi connectivity index (χ1n) is 7.60. The zero-order chi connectivity index (χ0) is 15.7. The Balaban J connectivity index is 1.83. The first kappa shape index (κ1) is 15.0. The van der Waals surface area contributed by atoms with Gasteiger partial charge in [0.2, 0.25) is 0 Å². The van der Waals surface area contributed by atoms with E-state index in [1.807, 2.05) is 23.1 Å². The summed E-state index contributed by atoms with van der Waals surface area (Å²) in [6, 6.07) is 11.6. The number of halogens is 1. The molecule has 0 saturated carbocycles. The van der Waals surface area contributed by atoms with Crippen LogP contribution in [0.3, 0.4) is 0 Å². The number of nitrogens with one attached hydrogen (secondary N) is 1. The Kier molecular flexibility index (Phi) is 4.12. The summed E-state index contributed by atoms with van der Waals surface area (Å²) in [6.07, 6.45) is 0.888. The van der Waals surface area contributed by atoms with E-state index in [0.29, 0.717) is 17.3 Å². The number of amides is 2. The first-order valence-corrected chi connectivity index (χ1v) is 7.97. The molecule has 1 aliphatic heterocycles. The van der Waals surface area contributed by atoms with Crippen LogP contribution in [0.4, 0.5) is 10.5 Å². The molecule has 1 aromatic heterocycles. The lowest BCUT2D eigenvalue weighted by molar-refractivity contribution is 0.165. The fourth-order valence-electron chi connectivity index (χ4n) is 3.13. The van der Waals surface area contributed by atoms with Gasteiger partial charge in [0.25, 0.3) is 0 Å². The molecule has 4 nitrogen and oxygen atoms in total. The Bertz CT molecular complexity index is 695. The molecule has 0 saturated heterocycles. The van der Waals surface area contributed by atoms with Crippen molar-refractivity contribution < 1.29 is 4.79 Å². The number of fused-ring (bicyclic) bond motifs is 1. The van der Waals surface area contributed by atoms with Crippen LogP contribution in [0.15, 0.2) is 36.4 Å². The second kappa shape index (κ2) is 6.05. The maximum Gasteiger partial charge on any atom is 0.322 e. The number of hydrogen-bond donors (Lipinski definition) is 1. The number of carbonyl (C=O) groups is 1. The highest BCUT2D eigenvalue weighted by Crippen LogP contribution is 2.31. The molecule has 0 bridgehead atoms. The van der Waals surface area contributed by atoms with Crippen molar-refractivity contribution >= 4 is 23.3 Å². The third kappa shape index (κ3) is 2.59. The summed E-state index contributed by atoms with van der Waals surface area (Å²) < 4.78 is 2.30. The molecule has 22 heavy (non-hydrogen) atoms. The highest BCUT2D eigenvalue weighted by atomic mass is 35.5. The molecule has 1 N–H and O–H groups in total. The van der Waals surface area contributed by atoms with Crippen LogP contribution in [-0.4, -0.2) is 22.0 Å². The molecule has 2 heterocycles. The van der Waals surface area contributed by atoms with E-state index < -0.39 is 0 Å². The van der Waals surface area contributed by atoms with Crippen LogP contribution in [0.25, 0.3) is 0 Å². The summed E-state index contributed by atoms with van der Waals surface area (Å²) in [5.41, 5.74) is 3.11. The third-order valence-corrected chi connectivity index (χ3v) is 4.61. The van der Waals surface area contributed by atoms with Gasteiger partial charge in [-0.1, -0.05) is 30.7 Å². The van der Waals surface area contributed by atoms with Crippen molar-refractivity contribution in [3.63, 3.8) is 0 Å². The SMILES string of the molecule is CCC1c2ccc(C)n2CCN1C(=O)Nc1ccccc1Cl. The van der Waals surface area contributed by atoms with Crippen LogP contribution in [0.5, 0.6) is 0 Å². The molecule has 1 aromatic carbocycles. The fraction of sp³-hybridized carbons (Fsp3) is 0.353. The topological polar surface area (TPSA) is 37.3 Å². The van der Waals surface area contributed by atoms with Crippen LogP contribution in [0.1, 0.15) is 30.8 Å². The summed E-state index contributed by atoms with van der Waals surface area (Å²) in [7, 11) is 0. The maximum absolute atomic E-state index is 12.7. The summed E-state index contributed by atoms with van der Waals surface area (Å²) >= 11 is 6.12. The summed E-state index contributed by atoms with van der Waals surface area (Å²) in [5, 5.41) is 3.48. The molecule has 0 aliphatic carbocycles. The minimum Gasteiger partial charge on any atom is -0.345 e. The van der Waals surface area contributed by atoms with Gasteiger partial charge in [-0.2, -0.15) is 0 Å². The van der Waals surface area contributed by atoms with Crippen LogP contribution >= 0.6 is 11.6 Å². The van der Waals surface area contributed by atoms with Crippen molar-refractivity contribution in [3.05, 3.63) is 52.8 Å². The van der Waals surface area contributed by atoms with Crippen LogP contribution < -0.4 is 5.32 Å². The lowest BCUT2D eigenvalue weighted by Crippen LogP contribution is -2.44. The van der Waals surface area contributed by atoms with E-state index in [-0.39, 0.29) is 12.1 Å². The molecule has 0 radical (unpaired) electrons. The molecular formula is C17H20ClN3O. The average molecular weight is 318 g/mol. The quantitative estimate of drug-likeness (QED) is 0.873. The summed E-state index contributed by atoms with van der Waals surface area (Å²) in [4.78, 5) is 14.6. The van der Waals surface area contributed by atoms with Crippen molar-refractivity contribution in [2.75, 3.05) is 11.9 Å². The number of aromatic nitrogens is 1. The molecule has 3 rings (SSSR count). The van der Waals surface area contributed by atoms with Gasteiger partial charge in [0.15, 0.2) is 0 Å². The van der Waals surface area contributed by atoms with Crippen LogP contribution in [0.2, 0.25) is 5.02 Å². The fourth-order valence-corrected chi connectivity index (χ4v) is 3.31. The number of para-hydroxylation sites is 1. The Morgan fingerprint density at radius 3 is 2.77 bits per heavy atom. The molecule has 116 valence electrons. The summed E-state index contributed by atoms with van der Waals surface area (Å²) in [5.74, 6) is 0. The number of aryl methyl sites for hydroxylation is 1. The van der Waals surface area contributed by atoms with E-state index in [1.165, 1.54) is 11.4 Å². The number of rotatable bonds is 2. The zero-order valence-corrected chi connectivity index (χ0v) is 13.6. The predicted octanol–water partition coefficient (Wildman–Crippen LogP) is 4.45. The predicted molar refractivity (Wildman–Crippen MR) is 89.4 cm³/mol. The molecule has 1 atom stereocenters. The largest absolute Gasteiger partial charge is 0.345 e. The smallest absolute Gasteiger partial charge is 0.322 e. The number of anilines is 1. The van der Waals surface area contributed by atoms with E-state index in [1.54, 1.807) is 6.07 Å². The van der Waals surface area contributed by atoms with Gasteiger partial charge in [-0.05, 0) is 37.6 Å². The van der Waals surface area contributed by atoms with Crippen molar-refractivity contribution in [2.45, 2.75) is 32.9 Å². The lowest BCUT2D eigenvalue weighted by Gasteiger charge is -2.37. The van der Waals surface area contributed by atoms with Crippen LogP contribution in [0, 0.1) is 6.92 Å². The van der Waals surface area contributed by atoms with Gasteiger partial charge in [-0.25, -0.2) is 4.79 Å². The molecule has 2 amide bonds. The maximum atomic E-state index is 12.7. The van der Waals surface area contributed by atoms with Gasteiger partial charge >= 0.3 is 6.03 Å². The van der Waals surface area contributed by atoms with Crippen molar-refractivity contribution in [2.24, 2.45) is 0 Å². The molecule has 0 spiro atoms. The van der Waals surface area contributed by atoms with E-state index in [0.717, 1.165) is 13.0 Å². The Morgan fingerprint density at radius 2 is 2.05 bits per heavy atom. The van der Waals surface area contributed by atoms with Gasteiger partial charge in [0.1, 0.15) is 0 Å². The molecule has 0 fully saturated rings.